The topological polar surface area (TPSA) is 66.8 Å². The van der Waals surface area contributed by atoms with E-state index in [9.17, 15) is 9.59 Å². The van der Waals surface area contributed by atoms with Gasteiger partial charge in [0.15, 0.2) is 0 Å². The van der Waals surface area contributed by atoms with Crippen LogP contribution in [0.2, 0.25) is 0 Å². The molecule has 0 heterocycles. The van der Waals surface area contributed by atoms with E-state index >= 15 is 0 Å². The molecule has 0 aromatic heterocycles. The van der Waals surface area contributed by atoms with Gasteiger partial charge in [0.25, 0.3) is 0 Å². The molecule has 0 spiro atoms. The van der Waals surface area contributed by atoms with Crippen LogP contribution < -0.4 is 0 Å². The number of nitrogens with zero attached hydrogens (tertiary/aromatic N) is 1. The number of fused-ring (bicyclic) bond motifs is 3. The van der Waals surface area contributed by atoms with E-state index in [0.29, 0.717) is 6.54 Å². The molecule has 2 aromatic carbocycles. The van der Waals surface area contributed by atoms with E-state index in [1.54, 1.807) is 0 Å². The standard InChI is InChI=1S/C22H25NO4/c1-2-3-8-13-23(14-21(24)25)22(26)27-15-20-18-11-6-4-9-16(18)17-10-5-7-12-19(17)20/h4-7,9-12,20H,2-3,8,13-15H2,1H3,(H,24,25). The van der Waals surface area contributed by atoms with Gasteiger partial charge in [-0.1, -0.05) is 68.3 Å². The summed E-state index contributed by atoms with van der Waals surface area (Å²) < 4.78 is 5.56. The lowest BCUT2D eigenvalue weighted by molar-refractivity contribution is -0.138. The van der Waals surface area contributed by atoms with Crippen LogP contribution in [0.1, 0.15) is 43.2 Å². The Balaban J connectivity index is 1.71. The zero-order valence-corrected chi connectivity index (χ0v) is 15.6. The van der Waals surface area contributed by atoms with Crippen LogP contribution in [0.3, 0.4) is 0 Å². The van der Waals surface area contributed by atoms with E-state index in [1.165, 1.54) is 16.0 Å². The molecule has 0 unspecified atom stereocenters. The molecule has 0 bridgehead atoms. The number of hydrogen-bond donors (Lipinski definition) is 1. The number of carbonyl (C=O) groups excluding carboxylic acids is 1. The number of carboxylic acids is 1. The van der Waals surface area contributed by atoms with Gasteiger partial charge in [-0.3, -0.25) is 9.69 Å². The fourth-order valence-electron chi connectivity index (χ4n) is 3.64. The van der Waals surface area contributed by atoms with Crippen LogP contribution in [0, 0.1) is 0 Å². The van der Waals surface area contributed by atoms with Crippen molar-refractivity contribution >= 4 is 12.1 Å². The summed E-state index contributed by atoms with van der Waals surface area (Å²) in [5.41, 5.74) is 4.61. The summed E-state index contributed by atoms with van der Waals surface area (Å²) >= 11 is 0. The van der Waals surface area contributed by atoms with Gasteiger partial charge < -0.3 is 9.84 Å². The molecule has 5 nitrogen and oxygen atoms in total. The molecule has 0 fully saturated rings. The van der Waals surface area contributed by atoms with Crippen molar-refractivity contribution in [2.75, 3.05) is 19.7 Å². The monoisotopic (exact) mass is 367 g/mol. The summed E-state index contributed by atoms with van der Waals surface area (Å²) in [6, 6.07) is 16.3. The highest BCUT2D eigenvalue weighted by atomic mass is 16.6. The van der Waals surface area contributed by atoms with Crippen LogP contribution >= 0.6 is 0 Å². The number of benzene rings is 2. The van der Waals surface area contributed by atoms with Crippen LogP contribution in [0.4, 0.5) is 4.79 Å². The van der Waals surface area contributed by atoms with Crippen LogP contribution in [0.5, 0.6) is 0 Å². The lowest BCUT2D eigenvalue weighted by Crippen LogP contribution is -2.37. The maximum Gasteiger partial charge on any atom is 0.410 e. The Kier molecular flexibility index (Phi) is 6.12. The van der Waals surface area contributed by atoms with Gasteiger partial charge in [-0.2, -0.15) is 0 Å². The predicted octanol–water partition coefficient (Wildman–Crippen LogP) is 4.51. The Labute approximate surface area is 159 Å². The average molecular weight is 367 g/mol. The second kappa shape index (κ2) is 8.71. The molecule has 0 saturated heterocycles. The lowest BCUT2D eigenvalue weighted by Gasteiger charge is -2.22. The normalized spacial score (nSPS) is 12.3. The van der Waals surface area contributed by atoms with Crippen LogP contribution in [0.25, 0.3) is 11.1 Å². The maximum atomic E-state index is 12.5. The van der Waals surface area contributed by atoms with Crippen molar-refractivity contribution in [3.63, 3.8) is 0 Å². The Morgan fingerprint density at radius 2 is 1.59 bits per heavy atom. The van der Waals surface area contributed by atoms with Gasteiger partial charge in [-0.25, -0.2) is 4.79 Å². The summed E-state index contributed by atoms with van der Waals surface area (Å²) in [6.07, 6.45) is 2.17. The van der Waals surface area contributed by atoms with Gasteiger partial charge >= 0.3 is 12.1 Å². The minimum atomic E-state index is -1.03. The second-order valence-electron chi connectivity index (χ2n) is 6.83. The zero-order valence-electron chi connectivity index (χ0n) is 15.6. The highest BCUT2D eigenvalue weighted by Gasteiger charge is 2.29. The van der Waals surface area contributed by atoms with Gasteiger partial charge in [-0.05, 0) is 28.7 Å². The van der Waals surface area contributed by atoms with E-state index in [1.807, 2.05) is 24.3 Å². The molecule has 2 aromatic rings. The number of amides is 1. The Morgan fingerprint density at radius 3 is 2.15 bits per heavy atom. The number of ether oxygens (including phenoxy) is 1. The molecule has 5 heteroatoms. The number of carbonyl (C=O) groups is 2. The Morgan fingerprint density at radius 1 is 1.00 bits per heavy atom. The Hall–Kier alpha value is -2.82. The Bertz CT molecular complexity index is 772. The third kappa shape index (κ3) is 4.30. The first-order valence-electron chi connectivity index (χ1n) is 9.43. The van der Waals surface area contributed by atoms with Gasteiger partial charge in [0, 0.05) is 12.5 Å². The van der Waals surface area contributed by atoms with E-state index < -0.39 is 12.1 Å². The summed E-state index contributed by atoms with van der Waals surface area (Å²) in [7, 11) is 0. The van der Waals surface area contributed by atoms with Crippen molar-refractivity contribution in [1.29, 1.82) is 0 Å². The van der Waals surface area contributed by atoms with Gasteiger partial charge in [-0.15, -0.1) is 0 Å². The molecular weight excluding hydrogens is 342 g/mol. The molecule has 27 heavy (non-hydrogen) atoms. The van der Waals surface area contributed by atoms with E-state index in [2.05, 4.69) is 31.2 Å². The molecule has 3 rings (SSSR count). The molecule has 142 valence electrons. The van der Waals surface area contributed by atoms with Crippen molar-refractivity contribution in [2.45, 2.75) is 32.1 Å². The van der Waals surface area contributed by atoms with Crippen LogP contribution in [0.15, 0.2) is 48.5 Å². The second-order valence-corrected chi connectivity index (χ2v) is 6.83. The molecular formula is C22H25NO4. The van der Waals surface area contributed by atoms with Crippen LogP contribution in [-0.4, -0.2) is 41.8 Å². The summed E-state index contributed by atoms with van der Waals surface area (Å²) in [5.74, 6) is -1.05. The summed E-state index contributed by atoms with van der Waals surface area (Å²) in [5, 5.41) is 9.08. The van der Waals surface area contributed by atoms with Crippen LogP contribution in [-0.2, 0) is 9.53 Å². The highest BCUT2D eigenvalue weighted by molar-refractivity contribution is 5.79. The molecule has 0 radical (unpaired) electrons. The van der Waals surface area contributed by atoms with E-state index in [4.69, 9.17) is 9.84 Å². The molecule has 0 saturated carbocycles. The molecule has 1 N–H and O–H groups in total. The molecule has 1 aliphatic carbocycles. The predicted molar refractivity (Wildman–Crippen MR) is 104 cm³/mol. The minimum Gasteiger partial charge on any atom is -0.480 e. The van der Waals surface area contributed by atoms with Crippen molar-refractivity contribution in [2.24, 2.45) is 0 Å². The number of hydrogen-bond acceptors (Lipinski definition) is 3. The average Bonchev–Trinajstić information content (AvgIpc) is 2.99. The first kappa shape index (κ1) is 19.0. The third-order valence-corrected chi connectivity index (χ3v) is 4.95. The smallest absolute Gasteiger partial charge is 0.410 e. The summed E-state index contributed by atoms with van der Waals surface area (Å²) in [4.78, 5) is 24.9. The number of carboxylic acid groups (broad SMARTS) is 1. The number of aliphatic carboxylic acids is 1. The molecule has 1 amide bonds. The maximum absolute atomic E-state index is 12.5. The van der Waals surface area contributed by atoms with Crippen molar-refractivity contribution in [3.8, 4) is 11.1 Å². The van der Waals surface area contributed by atoms with Gasteiger partial charge in [0.1, 0.15) is 13.2 Å². The lowest BCUT2D eigenvalue weighted by atomic mass is 9.98. The first-order valence-corrected chi connectivity index (χ1v) is 9.43. The number of rotatable bonds is 8. The zero-order chi connectivity index (χ0) is 19.2. The highest BCUT2D eigenvalue weighted by Crippen LogP contribution is 2.44. The van der Waals surface area contributed by atoms with Gasteiger partial charge in [0.05, 0.1) is 0 Å². The molecule has 1 aliphatic rings. The molecule has 0 atom stereocenters. The third-order valence-electron chi connectivity index (χ3n) is 4.95. The quantitative estimate of drug-likeness (QED) is 0.697. The first-order chi connectivity index (χ1) is 13.1. The van der Waals surface area contributed by atoms with Crippen molar-refractivity contribution < 1.29 is 19.4 Å². The van der Waals surface area contributed by atoms with Crippen molar-refractivity contribution in [3.05, 3.63) is 59.7 Å². The minimum absolute atomic E-state index is 0.0244. The molecule has 0 aliphatic heterocycles. The van der Waals surface area contributed by atoms with E-state index in [0.717, 1.165) is 30.4 Å². The van der Waals surface area contributed by atoms with Gasteiger partial charge in [0.2, 0.25) is 0 Å². The fourth-order valence-corrected chi connectivity index (χ4v) is 3.64. The SMILES string of the molecule is CCCCCN(CC(=O)O)C(=O)OCC1c2ccccc2-c2ccccc21. The van der Waals surface area contributed by atoms with E-state index in [-0.39, 0.29) is 19.1 Å². The van der Waals surface area contributed by atoms with Crippen molar-refractivity contribution in [1.82, 2.24) is 4.90 Å². The largest absolute Gasteiger partial charge is 0.480 e. The fraction of sp³-hybridized carbons (Fsp3) is 0.364. The number of unbranched alkanes of at least 4 members (excludes halogenated alkanes) is 2. The summed E-state index contributed by atoms with van der Waals surface area (Å²) in [6.45, 7) is 2.34.